The Labute approximate surface area is 110 Å². The van der Waals surface area contributed by atoms with Crippen molar-refractivity contribution in [2.24, 2.45) is 0 Å². The average Bonchev–Trinajstić information content (AvgIpc) is 2.43. The highest BCUT2D eigenvalue weighted by Crippen LogP contribution is 2.31. The molecule has 0 aromatic heterocycles. The van der Waals surface area contributed by atoms with Crippen molar-refractivity contribution in [3.63, 3.8) is 0 Å². The SMILES string of the molecule is CCCCN(CC)Cc1cccc2c1OCCN2. The van der Waals surface area contributed by atoms with Gasteiger partial charge >= 0.3 is 0 Å². The molecule has 1 N–H and O–H groups in total. The van der Waals surface area contributed by atoms with Crippen molar-refractivity contribution in [3.05, 3.63) is 23.8 Å². The van der Waals surface area contributed by atoms with Crippen LogP contribution in [0, 0.1) is 0 Å². The summed E-state index contributed by atoms with van der Waals surface area (Å²) in [5, 5.41) is 3.39. The molecule has 0 atom stereocenters. The van der Waals surface area contributed by atoms with Crippen LogP contribution in [0.4, 0.5) is 5.69 Å². The van der Waals surface area contributed by atoms with E-state index in [1.54, 1.807) is 0 Å². The minimum absolute atomic E-state index is 0.769. The zero-order valence-electron chi connectivity index (χ0n) is 11.5. The van der Waals surface area contributed by atoms with Crippen LogP contribution in [0.15, 0.2) is 18.2 Å². The molecule has 0 saturated carbocycles. The molecule has 2 rings (SSSR count). The smallest absolute Gasteiger partial charge is 0.146 e. The molecule has 0 aliphatic carbocycles. The Bertz CT molecular complexity index is 379. The number of hydrogen-bond acceptors (Lipinski definition) is 3. The van der Waals surface area contributed by atoms with Gasteiger partial charge in [0.1, 0.15) is 12.4 Å². The van der Waals surface area contributed by atoms with Crippen LogP contribution in [-0.2, 0) is 6.54 Å². The van der Waals surface area contributed by atoms with Gasteiger partial charge in [-0.05, 0) is 25.6 Å². The first-order chi connectivity index (χ1) is 8.85. The largest absolute Gasteiger partial charge is 0.489 e. The summed E-state index contributed by atoms with van der Waals surface area (Å²) in [6, 6.07) is 6.39. The molecule has 3 heteroatoms. The standard InChI is InChI=1S/C15H24N2O/c1-3-5-10-17(4-2)12-13-7-6-8-14-15(13)18-11-9-16-14/h6-8,16H,3-5,9-12H2,1-2H3. The van der Waals surface area contributed by atoms with Crippen molar-refractivity contribution in [1.29, 1.82) is 0 Å². The monoisotopic (exact) mass is 248 g/mol. The zero-order valence-corrected chi connectivity index (χ0v) is 11.5. The topological polar surface area (TPSA) is 24.5 Å². The highest BCUT2D eigenvalue weighted by Gasteiger charge is 2.15. The van der Waals surface area contributed by atoms with Crippen molar-refractivity contribution in [2.75, 3.05) is 31.6 Å². The third kappa shape index (κ3) is 3.16. The molecule has 1 aromatic rings. The maximum Gasteiger partial charge on any atom is 0.146 e. The number of para-hydroxylation sites is 1. The quantitative estimate of drug-likeness (QED) is 0.837. The number of anilines is 1. The Hall–Kier alpha value is -1.22. The lowest BCUT2D eigenvalue weighted by atomic mass is 10.1. The fourth-order valence-corrected chi connectivity index (χ4v) is 2.33. The lowest BCUT2D eigenvalue weighted by molar-refractivity contribution is 0.263. The van der Waals surface area contributed by atoms with Crippen molar-refractivity contribution >= 4 is 5.69 Å². The van der Waals surface area contributed by atoms with Gasteiger partial charge in [-0.25, -0.2) is 0 Å². The van der Waals surface area contributed by atoms with Gasteiger partial charge in [-0.1, -0.05) is 32.4 Å². The van der Waals surface area contributed by atoms with E-state index in [2.05, 4.69) is 42.3 Å². The summed E-state index contributed by atoms with van der Waals surface area (Å²) in [5.41, 5.74) is 2.45. The first-order valence-corrected chi connectivity index (χ1v) is 7.06. The first-order valence-electron chi connectivity index (χ1n) is 7.06. The summed E-state index contributed by atoms with van der Waals surface area (Å²) in [6.45, 7) is 9.40. The number of hydrogen-bond donors (Lipinski definition) is 1. The van der Waals surface area contributed by atoms with E-state index < -0.39 is 0 Å². The Balaban J connectivity index is 2.08. The highest BCUT2D eigenvalue weighted by molar-refractivity contribution is 5.61. The van der Waals surface area contributed by atoms with Gasteiger partial charge in [-0.2, -0.15) is 0 Å². The second-order valence-electron chi connectivity index (χ2n) is 4.79. The number of unbranched alkanes of at least 4 members (excludes halogenated alkanes) is 1. The molecule has 0 unspecified atom stereocenters. The first kappa shape index (κ1) is 13.2. The zero-order chi connectivity index (χ0) is 12.8. The van der Waals surface area contributed by atoms with Gasteiger partial charge in [0.2, 0.25) is 0 Å². The van der Waals surface area contributed by atoms with Crippen molar-refractivity contribution in [3.8, 4) is 5.75 Å². The van der Waals surface area contributed by atoms with E-state index in [0.717, 1.165) is 37.7 Å². The summed E-state index contributed by atoms with van der Waals surface area (Å²) >= 11 is 0. The molecular weight excluding hydrogens is 224 g/mol. The van der Waals surface area contributed by atoms with Gasteiger partial charge in [-0.15, -0.1) is 0 Å². The summed E-state index contributed by atoms with van der Waals surface area (Å²) in [7, 11) is 0. The summed E-state index contributed by atoms with van der Waals surface area (Å²) in [5.74, 6) is 1.05. The molecule has 0 radical (unpaired) electrons. The maximum atomic E-state index is 5.82. The van der Waals surface area contributed by atoms with Crippen LogP contribution in [-0.4, -0.2) is 31.1 Å². The van der Waals surface area contributed by atoms with Crippen molar-refractivity contribution in [2.45, 2.75) is 33.2 Å². The summed E-state index contributed by atoms with van der Waals surface area (Å²) < 4.78 is 5.82. The van der Waals surface area contributed by atoms with Gasteiger partial charge in [0.25, 0.3) is 0 Å². The number of nitrogens with zero attached hydrogens (tertiary/aromatic N) is 1. The van der Waals surface area contributed by atoms with Crippen LogP contribution in [0.2, 0.25) is 0 Å². The van der Waals surface area contributed by atoms with Crippen LogP contribution >= 0.6 is 0 Å². The summed E-state index contributed by atoms with van der Waals surface area (Å²) in [4.78, 5) is 2.48. The third-order valence-electron chi connectivity index (χ3n) is 3.43. The van der Waals surface area contributed by atoms with E-state index >= 15 is 0 Å². The Kier molecular flexibility index (Phi) is 4.88. The maximum absolute atomic E-state index is 5.82. The second kappa shape index (κ2) is 6.64. The van der Waals surface area contributed by atoms with Crippen molar-refractivity contribution < 1.29 is 4.74 Å². The number of rotatable bonds is 6. The summed E-state index contributed by atoms with van der Waals surface area (Å²) in [6.07, 6.45) is 2.52. The molecular formula is C15H24N2O. The van der Waals surface area contributed by atoms with Gasteiger partial charge in [-0.3, -0.25) is 4.90 Å². The molecule has 0 bridgehead atoms. The van der Waals surface area contributed by atoms with Crippen LogP contribution in [0.25, 0.3) is 0 Å². The van der Waals surface area contributed by atoms with Gasteiger partial charge in [0.05, 0.1) is 5.69 Å². The molecule has 3 nitrogen and oxygen atoms in total. The lowest BCUT2D eigenvalue weighted by Gasteiger charge is -2.25. The molecule has 0 saturated heterocycles. The molecule has 18 heavy (non-hydrogen) atoms. The average molecular weight is 248 g/mol. The Morgan fingerprint density at radius 3 is 3.00 bits per heavy atom. The number of nitrogens with one attached hydrogen (secondary N) is 1. The predicted molar refractivity (Wildman–Crippen MR) is 76.3 cm³/mol. The molecule has 1 aliphatic rings. The lowest BCUT2D eigenvalue weighted by Crippen LogP contribution is -2.25. The van der Waals surface area contributed by atoms with E-state index in [1.165, 1.54) is 24.9 Å². The predicted octanol–water partition coefficient (Wildman–Crippen LogP) is 3.11. The van der Waals surface area contributed by atoms with E-state index in [9.17, 15) is 0 Å². The second-order valence-corrected chi connectivity index (χ2v) is 4.79. The molecule has 100 valence electrons. The van der Waals surface area contributed by atoms with E-state index in [1.807, 2.05) is 0 Å². The molecule has 0 spiro atoms. The van der Waals surface area contributed by atoms with Crippen LogP contribution in [0.1, 0.15) is 32.3 Å². The number of fused-ring (bicyclic) bond motifs is 1. The van der Waals surface area contributed by atoms with Gasteiger partial charge < -0.3 is 10.1 Å². The number of benzene rings is 1. The highest BCUT2D eigenvalue weighted by atomic mass is 16.5. The normalized spacial score (nSPS) is 13.9. The fourth-order valence-electron chi connectivity index (χ4n) is 2.33. The minimum Gasteiger partial charge on any atom is -0.489 e. The van der Waals surface area contributed by atoms with Gasteiger partial charge in [0.15, 0.2) is 0 Å². The third-order valence-corrected chi connectivity index (χ3v) is 3.43. The Morgan fingerprint density at radius 1 is 1.33 bits per heavy atom. The minimum atomic E-state index is 0.769. The van der Waals surface area contributed by atoms with Crippen LogP contribution in [0.5, 0.6) is 5.75 Å². The molecule has 1 heterocycles. The molecule has 0 amide bonds. The van der Waals surface area contributed by atoms with E-state index in [-0.39, 0.29) is 0 Å². The molecule has 0 fully saturated rings. The van der Waals surface area contributed by atoms with Crippen LogP contribution < -0.4 is 10.1 Å². The van der Waals surface area contributed by atoms with Crippen LogP contribution in [0.3, 0.4) is 0 Å². The molecule has 1 aliphatic heterocycles. The number of ether oxygens (including phenoxy) is 1. The Morgan fingerprint density at radius 2 is 2.22 bits per heavy atom. The molecule has 1 aromatic carbocycles. The fraction of sp³-hybridized carbons (Fsp3) is 0.600. The van der Waals surface area contributed by atoms with E-state index in [4.69, 9.17) is 4.74 Å². The van der Waals surface area contributed by atoms with Crippen molar-refractivity contribution in [1.82, 2.24) is 4.90 Å². The van der Waals surface area contributed by atoms with Gasteiger partial charge in [0, 0.05) is 18.7 Å². The van der Waals surface area contributed by atoms with E-state index in [0.29, 0.717) is 0 Å².